The van der Waals surface area contributed by atoms with E-state index in [1.54, 1.807) is 0 Å². The molecule has 3 aromatic carbocycles. The van der Waals surface area contributed by atoms with Crippen LogP contribution in [0.15, 0.2) is 96.1 Å². The third kappa shape index (κ3) is 3.81. The molecule has 1 N–H and O–H groups in total. The summed E-state index contributed by atoms with van der Waals surface area (Å²) in [5, 5.41) is 4.71. The SMILES string of the molecule is O=C(NN=C(c1ccccc1)C1CCCC1)C1CC1(c1ccccc1)c1ccccc1. The van der Waals surface area contributed by atoms with E-state index in [0.29, 0.717) is 5.92 Å². The second kappa shape index (κ2) is 8.50. The Kier molecular flexibility index (Phi) is 5.42. The van der Waals surface area contributed by atoms with Gasteiger partial charge in [-0.3, -0.25) is 4.79 Å². The molecule has 2 saturated carbocycles. The van der Waals surface area contributed by atoms with Crippen molar-refractivity contribution in [3.8, 4) is 0 Å². The van der Waals surface area contributed by atoms with Crippen LogP contribution in [0.25, 0.3) is 0 Å². The van der Waals surface area contributed by atoms with Gasteiger partial charge in [0, 0.05) is 11.3 Å². The molecule has 0 spiro atoms. The Hall–Kier alpha value is -3.20. The number of hydrogen-bond acceptors (Lipinski definition) is 2. The smallest absolute Gasteiger partial charge is 0.244 e. The number of nitrogens with zero attached hydrogens (tertiary/aromatic N) is 1. The number of hydrazone groups is 1. The van der Waals surface area contributed by atoms with Crippen molar-refractivity contribution in [3.63, 3.8) is 0 Å². The molecule has 31 heavy (non-hydrogen) atoms. The van der Waals surface area contributed by atoms with Crippen LogP contribution in [0.1, 0.15) is 48.8 Å². The number of amides is 1. The maximum Gasteiger partial charge on any atom is 0.244 e. The topological polar surface area (TPSA) is 41.5 Å². The summed E-state index contributed by atoms with van der Waals surface area (Å²) < 4.78 is 0. The first-order valence-electron chi connectivity index (χ1n) is 11.3. The normalized spacial score (nSPS) is 20.4. The van der Waals surface area contributed by atoms with Gasteiger partial charge in [-0.05, 0) is 36.0 Å². The molecule has 2 fully saturated rings. The first kappa shape index (κ1) is 19.7. The van der Waals surface area contributed by atoms with E-state index in [9.17, 15) is 4.79 Å². The number of rotatable bonds is 6. The van der Waals surface area contributed by atoms with Gasteiger partial charge in [0.1, 0.15) is 0 Å². The second-order valence-electron chi connectivity index (χ2n) is 8.78. The molecule has 0 heterocycles. The first-order valence-corrected chi connectivity index (χ1v) is 11.3. The van der Waals surface area contributed by atoms with Gasteiger partial charge in [0.2, 0.25) is 5.91 Å². The standard InChI is InChI=1S/C28H28N2O/c31-27(30-29-26(22-14-10-11-15-22)21-12-4-1-5-13-21)25-20-28(25,23-16-6-2-7-17-23)24-18-8-3-9-19-24/h1-9,12-13,16-19,22,25H,10-11,14-15,20H2,(H,30,31). The van der Waals surface area contributed by atoms with Gasteiger partial charge in [0.15, 0.2) is 0 Å². The third-order valence-electron chi connectivity index (χ3n) is 6.95. The zero-order valence-corrected chi connectivity index (χ0v) is 17.7. The molecule has 0 aromatic heterocycles. The van der Waals surface area contributed by atoms with Gasteiger partial charge in [-0.2, -0.15) is 5.10 Å². The summed E-state index contributed by atoms with van der Waals surface area (Å²) >= 11 is 0. The van der Waals surface area contributed by atoms with E-state index in [4.69, 9.17) is 5.10 Å². The van der Waals surface area contributed by atoms with Gasteiger partial charge in [-0.1, -0.05) is 104 Å². The summed E-state index contributed by atoms with van der Waals surface area (Å²) in [6, 6.07) is 31.1. The summed E-state index contributed by atoms with van der Waals surface area (Å²) in [5.41, 5.74) is 7.24. The number of carbonyl (C=O) groups is 1. The molecule has 2 aliphatic carbocycles. The highest BCUT2D eigenvalue weighted by atomic mass is 16.2. The number of carbonyl (C=O) groups excluding carboxylic acids is 1. The van der Waals surface area contributed by atoms with Crippen LogP contribution in [0.5, 0.6) is 0 Å². The zero-order valence-electron chi connectivity index (χ0n) is 17.7. The van der Waals surface area contributed by atoms with E-state index in [1.807, 2.05) is 30.3 Å². The predicted octanol–water partition coefficient (Wildman–Crippen LogP) is 5.70. The molecule has 3 aromatic rings. The van der Waals surface area contributed by atoms with Crippen molar-refractivity contribution in [3.05, 3.63) is 108 Å². The fourth-order valence-corrected chi connectivity index (χ4v) is 5.25. The van der Waals surface area contributed by atoms with Gasteiger partial charge in [0.25, 0.3) is 0 Å². The molecule has 156 valence electrons. The van der Waals surface area contributed by atoms with Crippen LogP contribution in [0.3, 0.4) is 0 Å². The molecule has 5 rings (SSSR count). The van der Waals surface area contributed by atoms with Crippen LogP contribution in [0.2, 0.25) is 0 Å². The van der Waals surface area contributed by atoms with Crippen molar-refractivity contribution in [2.45, 2.75) is 37.5 Å². The van der Waals surface area contributed by atoms with Gasteiger partial charge < -0.3 is 0 Å². The van der Waals surface area contributed by atoms with Gasteiger partial charge >= 0.3 is 0 Å². The Bertz CT molecular complexity index is 1010. The number of nitrogens with one attached hydrogen (secondary N) is 1. The molecule has 0 saturated heterocycles. The summed E-state index contributed by atoms with van der Waals surface area (Å²) in [5.74, 6) is 0.329. The molecule has 1 atom stereocenters. The highest BCUT2D eigenvalue weighted by Gasteiger charge is 2.60. The van der Waals surface area contributed by atoms with Crippen LogP contribution in [0, 0.1) is 11.8 Å². The lowest BCUT2D eigenvalue weighted by Crippen LogP contribution is -2.28. The molecular formula is C28H28N2O. The minimum Gasteiger partial charge on any atom is -0.273 e. The molecule has 0 radical (unpaired) electrons. The molecule has 0 bridgehead atoms. The minimum absolute atomic E-state index is 0.0131. The summed E-state index contributed by atoms with van der Waals surface area (Å²) in [7, 11) is 0. The molecule has 0 aliphatic heterocycles. The van der Waals surface area contributed by atoms with E-state index in [1.165, 1.54) is 24.0 Å². The van der Waals surface area contributed by atoms with Crippen molar-refractivity contribution < 1.29 is 4.79 Å². The van der Waals surface area contributed by atoms with E-state index in [0.717, 1.165) is 30.5 Å². The Balaban J connectivity index is 1.42. The lowest BCUT2D eigenvalue weighted by molar-refractivity contribution is -0.122. The van der Waals surface area contributed by atoms with E-state index < -0.39 is 0 Å². The fraction of sp³-hybridized carbons (Fsp3) is 0.286. The van der Waals surface area contributed by atoms with Crippen LogP contribution in [-0.4, -0.2) is 11.6 Å². The highest BCUT2D eigenvalue weighted by Crippen LogP contribution is 2.58. The Labute approximate surface area is 184 Å². The third-order valence-corrected chi connectivity index (χ3v) is 6.95. The van der Waals surface area contributed by atoms with E-state index in [-0.39, 0.29) is 17.2 Å². The minimum atomic E-state index is -0.262. The van der Waals surface area contributed by atoms with Crippen molar-refractivity contribution in [1.29, 1.82) is 0 Å². The Morgan fingerprint density at radius 3 is 1.84 bits per heavy atom. The monoisotopic (exact) mass is 408 g/mol. The fourth-order valence-electron chi connectivity index (χ4n) is 5.25. The van der Waals surface area contributed by atoms with E-state index in [2.05, 4.69) is 66.1 Å². The Morgan fingerprint density at radius 2 is 1.29 bits per heavy atom. The largest absolute Gasteiger partial charge is 0.273 e. The molecule has 2 aliphatic rings. The second-order valence-corrected chi connectivity index (χ2v) is 8.78. The van der Waals surface area contributed by atoms with Gasteiger partial charge in [-0.25, -0.2) is 5.43 Å². The average Bonchev–Trinajstić information content (AvgIpc) is 3.39. The highest BCUT2D eigenvalue weighted by molar-refractivity contribution is 6.03. The lowest BCUT2D eigenvalue weighted by atomic mass is 9.85. The average molecular weight is 409 g/mol. The van der Waals surface area contributed by atoms with Gasteiger partial charge in [-0.15, -0.1) is 0 Å². The first-order chi connectivity index (χ1) is 15.3. The lowest BCUT2D eigenvalue weighted by Gasteiger charge is -2.19. The maximum absolute atomic E-state index is 13.3. The molecule has 3 heteroatoms. The van der Waals surface area contributed by atoms with Crippen LogP contribution in [-0.2, 0) is 10.2 Å². The molecular weight excluding hydrogens is 380 g/mol. The molecule has 1 unspecified atom stereocenters. The zero-order chi connectivity index (χ0) is 21.1. The van der Waals surface area contributed by atoms with Crippen molar-refractivity contribution >= 4 is 11.6 Å². The van der Waals surface area contributed by atoms with Crippen LogP contribution < -0.4 is 5.43 Å². The number of benzene rings is 3. The van der Waals surface area contributed by atoms with Gasteiger partial charge in [0.05, 0.1) is 11.6 Å². The van der Waals surface area contributed by atoms with E-state index >= 15 is 0 Å². The summed E-state index contributed by atoms with van der Waals surface area (Å²) in [6.45, 7) is 0. The molecule has 1 amide bonds. The maximum atomic E-state index is 13.3. The molecule has 3 nitrogen and oxygen atoms in total. The van der Waals surface area contributed by atoms with Crippen LogP contribution in [0.4, 0.5) is 0 Å². The summed E-state index contributed by atoms with van der Waals surface area (Å²) in [6.07, 6.45) is 5.57. The van der Waals surface area contributed by atoms with Crippen molar-refractivity contribution in [2.24, 2.45) is 16.9 Å². The summed E-state index contributed by atoms with van der Waals surface area (Å²) in [4.78, 5) is 13.3. The predicted molar refractivity (Wildman–Crippen MR) is 125 cm³/mol. The van der Waals surface area contributed by atoms with Crippen molar-refractivity contribution in [1.82, 2.24) is 5.43 Å². The van der Waals surface area contributed by atoms with Crippen molar-refractivity contribution in [2.75, 3.05) is 0 Å². The Morgan fingerprint density at radius 1 is 0.774 bits per heavy atom. The number of hydrogen-bond donors (Lipinski definition) is 1. The van der Waals surface area contributed by atoms with Crippen LogP contribution >= 0.6 is 0 Å². The quantitative estimate of drug-likeness (QED) is 0.412.